The topological polar surface area (TPSA) is 82.0 Å². The van der Waals surface area contributed by atoms with Crippen molar-refractivity contribution in [1.82, 2.24) is 10.3 Å². The molecule has 0 saturated heterocycles. The highest BCUT2D eigenvalue weighted by Crippen LogP contribution is 2.24. The summed E-state index contributed by atoms with van der Waals surface area (Å²) in [7, 11) is 1.63. The van der Waals surface area contributed by atoms with E-state index >= 15 is 0 Å². The molecule has 6 nitrogen and oxygen atoms in total. The largest absolute Gasteiger partial charge is 0.497 e. The zero-order valence-corrected chi connectivity index (χ0v) is 17.5. The minimum Gasteiger partial charge on any atom is -0.497 e. The van der Waals surface area contributed by atoms with E-state index in [0.717, 1.165) is 33.5 Å². The van der Waals surface area contributed by atoms with Crippen LogP contribution < -0.4 is 20.7 Å². The highest BCUT2D eigenvalue weighted by Gasteiger charge is 2.09. The summed E-state index contributed by atoms with van der Waals surface area (Å²) >= 11 is 5.33. The molecule has 3 aromatic rings. The van der Waals surface area contributed by atoms with E-state index in [1.165, 1.54) is 0 Å². The maximum atomic E-state index is 9.48. The van der Waals surface area contributed by atoms with E-state index in [9.17, 15) is 5.26 Å². The van der Waals surface area contributed by atoms with Gasteiger partial charge in [0.15, 0.2) is 5.11 Å². The molecule has 0 radical (unpaired) electrons. The number of thiocarbonyl (C=S) groups is 1. The van der Waals surface area contributed by atoms with Crippen LogP contribution in [-0.2, 0) is 0 Å². The van der Waals surface area contributed by atoms with Crippen molar-refractivity contribution in [3.8, 4) is 11.8 Å². The second-order valence-electron chi connectivity index (χ2n) is 6.69. The predicted molar refractivity (Wildman–Crippen MR) is 122 cm³/mol. The predicted octanol–water partition coefficient (Wildman–Crippen LogP) is 4.13. The zero-order chi connectivity index (χ0) is 20.8. The summed E-state index contributed by atoms with van der Waals surface area (Å²) < 4.78 is 5.20. The van der Waals surface area contributed by atoms with Gasteiger partial charge < -0.3 is 20.7 Å². The quantitative estimate of drug-likeness (QED) is 0.420. The van der Waals surface area contributed by atoms with Crippen LogP contribution in [0.4, 0.5) is 11.5 Å². The average Bonchev–Trinajstić information content (AvgIpc) is 2.71. The van der Waals surface area contributed by atoms with E-state index in [-0.39, 0.29) is 0 Å². The van der Waals surface area contributed by atoms with Gasteiger partial charge in [0.2, 0.25) is 0 Å². The molecular weight excluding hydrogens is 382 g/mol. The maximum absolute atomic E-state index is 9.48. The summed E-state index contributed by atoms with van der Waals surface area (Å²) in [5.74, 6) is 1.34. The van der Waals surface area contributed by atoms with Gasteiger partial charge in [0.05, 0.1) is 18.2 Å². The first-order valence-electron chi connectivity index (χ1n) is 9.25. The third kappa shape index (κ3) is 5.12. The van der Waals surface area contributed by atoms with Crippen LogP contribution in [-0.4, -0.2) is 30.3 Å². The molecule has 0 aliphatic rings. The van der Waals surface area contributed by atoms with Crippen molar-refractivity contribution in [3.05, 3.63) is 59.2 Å². The van der Waals surface area contributed by atoms with E-state index in [1.807, 2.05) is 50.2 Å². The van der Waals surface area contributed by atoms with Crippen molar-refractivity contribution in [2.75, 3.05) is 30.8 Å². The Balaban J connectivity index is 1.59. The Bertz CT molecular complexity index is 1090. The maximum Gasteiger partial charge on any atom is 0.170 e. The van der Waals surface area contributed by atoms with Crippen molar-refractivity contribution in [3.63, 3.8) is 0 Å². The number of methoxy groups -OCH3 is 1. The lowest BCUT2D eigenvalue weighted by atomic mass is 10.1. The molecule has 0 fully saturated rings. The number of anilines is 2. The lowest BCUT2D eigenvalue weighted by Gasteiger charge is -2.13. The highest BCUT2D eigenvalue weighted by molar-refractivity contribution is 7.80. The van der Waals surface area contributed by atoms with Gasteiger partial charge in [-0.25, -0.2) is 4.98 Å². The molecule has 1 aromatic heterocycles. The van der Waals surface area contributed by atoms with Gasteiger partial charge in [-0.05, 0) is 55.9 Å². The molecule has 0 unspecified atom stereocenters. The van der Waals surface area contributed by atoms with Gasteiger partial charge in [-0.1, -0.05) is 17.7 Å². The standard InChI is InChI=1S/C22H23N5OS/c1-14-9-15(2)20-16(10-14)11-17(13-23)21(27-20)24-7-8-25-22(29)26-18-5-4-6-19(12-18)28-3/h4-6,9-12H,7-8H2,1-3H3,(H,24,27)(H2,25,26,29). The fourth-order valence-electron chi connectivity index (χ4n) is 3.10. The van der Waals surface area contributed by atoms with Crippen LogP contribution in [0.25, 0.3) is 10.9 Å². The third-order valence-corrected chi connectivity index (χ3v) is 4.65. The second-order valence-corrected chi connectivity index (χ2v) is 7.10. The minimum atomic E-state index is 0.512. The number of hydrogen-bond donors (Lipinski definition) is 3. The molecule has 0 spiro atoms. The number of hydrogen-bond acceptors (Lipinski definition) is 5. The first-order valence-corrected chi connectivity index (χ1v) is 9.66. The van der Waals surface area contributed by atoms with Gasteiger partial charge in [-0.2, -0.15) is 5.26 Å². The Morgan fingerprint density at radius 3 is 2.76 bits per heavy atom. The minimum absolute atomic E-state index is 0.512. The number of aryl methyl sites for hydroxylation is 2. The Kier molecular flexibility index (Phi) is 6.47. The third-order valence-electron chi connectivity index (χ3n) is 4.40. The number of aromatic nitrogens is 1. The molecule has 29 heavy (non-hydrogen) atoms. The highest BCUT2D eigenvalue weighted by atomic mass is 32.1. The Morgan fingerprint density at radius 2 is 2.00 bits per heavy atom. The molecule has 1 heterocycles. The number of benzene rings is 2. The molecule has 0 amide bonds. The van der Waals surface area contributed by atoms with E-state index < -0.39 is 0 Å². The number of nitrogens with zero attached hydrogens (tertiary/aromatic N) is 2. The van der Waals surface area contributed by atoms with Crippen molar-refractivity contribution < 1.29 is 4.74 Å². The Hall–Kier alpha value is -3.37. The molecule has 7 heteroatoms. The smallest absolute Gasteiger partial charge is 0.170 e. The van der Waals surface area contributed by atoms with E-state index in [4.69, 9.17) is 17.0 Å². The summed E-state index contributed by atoms with van der Waals surface area (Å²) in [6, 6.07) is 15.8. The first-order chi connectivity index (χ1) is 14.0. The molecule has 0 aliphatic heterocycles. The average molecular weight is 406 g/mol. The Labute approximate surface area is 175 Å². The number of pyridine rings is 1. The van der Waals surface area contributed by atoms with Gasteiger partial charge in [0.25, 0.3) is 0 Å². The molecular formula is C22H23N5OS. The fourth-order valence-corrected chi connectivity index (χ4v) is 3.32. The lowest BCUT2D eigenvalue weighted by molar-refractivity contribution is 0.415. The SMILES string of the molecule is COc1cccc(NC(=S)NCCNc2nc3c(C)cc(C)cc3cc2C#N)c1. The number of nitrogens with one attached hydrogen (secondary N) is 3. The molecule has 148 valence electrons. The molecule has 0 saturated carbocycles. The summed E-state index contributed by atoms with van der Waals surface area (Å²) in [5.41, 5.74) is 4.53. The van der Waals surface area contributed by atoms with Gasteiger partial charge in [-0.15, -0.1) is 0 Å². The van der Waals surface area contributed by atoms with Crippen molar-refractivity contribution in [1.29, 1.82) is 5.26 Å². The van der Waals surface area contributed by atoms with E-state index in [1.54, 1.807) is 7.11 Å². The van der Waals surface area contributed by atoms with E-state index in [2.05, 4.69) is 33.1 Å². The number of nitriles is 1. The monoisotopic (exact) mass is 405 g/mol. The molecule has 0 atom stereocenters. The van der Waals surface area contributed by atoms with E-state index in [0.29, 0.717) is 29.6 Å². The molecule has 2 aromatic carbocycles. The van der Waals surface area contributed by atoms with Crippen molar-refractivity contribution in [2.24, 2.45) is 0 Å². The van der Waals surface area contributed by atoms with Gasteiger partial charge in [0, 0.05) is 30.2 Å². The molecule has 3 N–H and O–H groups in total. The number of fused-ring (bicyclic) bond motifs is 1. The molecule has 0 bridgehead atoms. The summed E-state index contributed by atoms with van der Waals surface area (Å²) in [4.78, 5) is 4.67. The van der Waals surface area contributed by atoms with Crippen LogP contribution in [0, 0.1) is 25.2 Å². The van der Waals surface area contributed by atoms with Gasteiger partial charge in [-0.3, -0.25) is 0 Å². The normalized spacial score (nSPS) is 10.3. The summed E-state index contributed by atoms with van der Waals surface area (Å²) in [6.07, 6.45) is 0. The van der Waals surface area contributed by atoms with Crippen molar-refractivity contribution in [2.45, 2.75) is 13.8 Å². The van der Waals surface area contributed by atoms with Crippen LogP contribution in [0.15, 0.2) is 42.5 Å². The summed E-state index contributed by atoms with van der Waals surface area (Å²) in [5, 5.41) is 20.5. The van der Waals surface area contributed by atoms with Crippen LogP contribution in [0.5, 0.6) is 5.75 Å². The van der Waals surface area contributed by atoms with Crippen LogP contribution in [0.2, 0.25) is 0 Å². The van der Waals surface area contributed by atoms with Crippen LogP contribution in [0.1, 0.15) is 16.7 Å². The Morgan fingerprint density at radius 1 is 1.17 bits per heavy atom. The zero-order valence-electron chi connectivity index (χ0n) is 16.7. The number of rotatable bonds is 6. The van der Waals surface area contributed by atoms with Crippen molar-refractivity contribution >= 4 is 39.7 Å². The molecule has 0 aliphatic carbocycles. The fraction of sp³-hybridized carbons (Fsp3) is 0.227. The summed E-state index contributed by atoms with van der Waals surface area (Å²) in [6.45, 7) is 5.21. The first kappa shape index (κ1) is 20.4. The van der Waals surface area contributed by atoms with Gasteiger partial charge in [0.1, 0.15) is 17.6 Å². The van der Waals surface area contributed by atoms with Gasteiger partial charge >= 0.3 is 0 Å². The molecule has 3 rings (SSSR count). The lowest BCUT2D eigenvalue weighted by Crippen LogP contribution is -2.32. The number of ether oxygens (including phenoxy) is 1. The second kappa shape index (κ2) is 9.22. The van der Waals surface area contributed by atoms with Crippen LogP contribution >= 0.6 is 12.2 Å². The van der Waals surface area contributed by atoms with Crippen LogP contribution in [0.3, 0.4) is 0 Å².